The number of nitrogens with zero attached hydrogens (tertiary/aromatic N) is 4. The van der Waals surface area contributed by atoms with E-state index in [2.05, 4.69) is 4.90 Å². The summed E-state index contributed by atoms with van der Waals surface area (Å²) in [6.45, 7) is 7.44. The molecule has 0 aliphatic carbocycles. The topological polar surface area (TPSA) is 103 Å². The van der Waals surface area contributed by atoms with E-state index in [4.69, 9.17) is 9.47 Å². The molecule has 1 aromatic carbocycles. The second-order valence-corrected chi connectivity index (χ2v) is 12.1. The number of anilines is 1. The molecular formula is C32H42N4O6. The molecule has 0 saturated carbocycles. The van der Waals surface area contributed by atoms with Crippen LogP contribution in [-0.2, 0) is 23.9 Å². The fourth-order valence-corrected chi connectivity index (χ4v) is 7.51. The van der Waals surface area contributed by atoms with Gasteiger partial charge in [-0.05, 0) is 38.3 Å². The van der Waals surface area contributed by atoms with E-state index in [1.54, 1.807) is 9.80 Å². The highest BCUT2D eigenvalue weighted by atomic mass is 16.5. The van der Waals surface area contributed by atoms with Crippen molar-refractivity contribution < 1.29 is 29.0 Å². The van der Waals surface area contributed by atoms with E-state index < -0.39 is 29.1 Å². The lowest BCUT2D eigenvalue weighted by atomic mass is 9.74. The highest BCUT2D eigenvalue weighted by Crippen LogP contribution is 2.57. The number of carbonyl (C=O) groups excluding carboxylic acids is 3. The Morgan fingerprint density at radius 2 is 1.62 bits per heavy atom. The molecule has 10 nitrogen and oxygen atoms in total. The summed E-state index contributed by atoms with van der Waals surface area (Å²) in [7, 11) is 0. The lowest BCUT2D eigenvalue weighted by molar-refractivity contribution is -0.151. The standard InChI is InChI=1S/C32H42N4O6/c1-31-12-8-16-35(24-10-4-2-5-11-24)28(38)25(31)26-29(39)36(15-6-3-7-21-37)27-30(40)34(14-9-13-32(26,27)42-31)18-17-33-19-22-41-23-20-33/h2,4-5,8-13,25-27,37H,3,6-7,14-23H2,1H3/t25-,26+,27?,31+,32+/m1/s1. The summed E-state index contributed by atoms with van der Waals surface area (Å²) in [5.41, 5.74) is -1.53. The van der Waals surface area contributed by atoms with Crippen LogP contribution in [0.5, 0.6) is 0 Å². The van der Waals surface area contributed by atoms with Gasteiger partial charge in [0.25, 0.3) is 0 Å². The minimum atomic E-state index is -1.25. The molecule has 1 unspecified atom stereocenters. The van der Waals surface area contributed by atoms with Crippen molar-refractivity contribution in [3.8, 4) is 0 Å². The normalized spacial score (nSPS) is 33.0. The molecule has 3 saturated heterocycles. The first-order chi connectivity index (χ1) is 20.4. The Bertz CT molecular complexity index is 1230. The maximum Gasteiger partial charge on any atom is 0.249 e. The summed E-state index contributed by atoms with van der Waals surface area (Å²) in [5.74, 6) is -2.12. The average molecular weight is 579 g/mol. The van der Waals surface area contributed by atoms with Gasteiger partial charge in [-0.1, -0.05) is 42.5 Å². The minimum absolute atomic E-state index is 0.0839. The quantitative estimate of drug-likeness (QED) is 0.350. The summed E-state index contributed by atoms with van der Waals surface area (Å²) < 4.78 is 12.4. The number of ether oxygens (including phenoxy) is 2. The third kappa shape index (κ3) is 4.98. The van der Waals surface area contributed by atoms with Gasteiger partial charge >= 0.3 is 0 Å². The number of aliphatic hydroxyl groups is 1. The third-order valence-corrected chi connectivity index (χ3v) is 9.56. The molecule has 0 bridgehead atoms. The lowest BCUT2D eigenvalue weighted by Crippen LogP contribution is -2.56. The van der Waals surface area contributed by atoms with Crippen LogP contribution in [0.4, 0.5) is 5.69 Å². The van der Waals surface area contributed by atoms with E-state index >= 15 is 0 Å². The van der Waals surface area contributed by atoms with Crippen molar-refractivity contribution in [1.29, 1.82) is 0 Å². The Kier molecular flexibility index (Phi) is 8.24. The fourth-order valence-electron chi connectivity index (χ4n) is 7.51. The third-order valence-electron chi connectivity index (χ3n) is 9.56. The zero-order chi connectivity index (χ0) is 29.3. The van der Waals surface area contributed by atoms with E-state index in [-0.39, 0.29) is 24.3 Å². The van der Waals surface area contributed by atoms with Crippen LogP contribution in [0.1, 0.15) is 26.2 Å². The van der Waals surface area contributed by atoms with Crippen molar-refractivity contribution >= 4 is 23.4 Å². The first-order valence-electron chi connectivity index (χ1n) is 15.3. The second kappa shape index (κ2) is 11.9. The van der Waals surface area contributed by atoms with Gasteiger partial charge in [0, 0.05) is 58.1 Å². The molecule has 5 heterocycles. The van der Waals surface area contributed by atoms with Crippen LogP contribution >= 0.6 is 0 Å². The van der Waals surface area contributed by atoms with Gasteiger partial charge in [-0.2, -0.15) is 0 Å². The highest BCUT2D eigenvalue weighted by molar-refractivity contribution is 6.04. The van der Waals surface area contributed by atoms with Gasteiger partial charge in [-0.3, -0.25) is 19.3 Å². The number of hydrogen-bond donors (Lipinski definition) is 1. The average Bonchev–Trinajstić information content (AvgIpc) is 3.26. The molecule has 5 atom stereocenters. The number of likely N-dealkylation sites (tertiary alicyclic amines) is 1. The van der Waals surface area contributed by atoms with Crippen molar-refractivity contribution in [2.24, 2.45) is 11.8 Å². The smallest absolute Gasteiger partial charge is 0.249 e. The Balaban J connectivity index is 1.35. The number of carbonyl (C=O) groups is 3. The van der Waals surface area contributed by atoms with Crippen LogP contribution in [0.2, 0.25) is 0 Å². The van der Waals surface area contributed by atoms with Gasteiger partial charge < -0.3 is 29.3 Å². The fraction of sp³-hybridized carbons (Fsp3) is 0.594. The van der Waals surface area contributed by atoms with Crippen molar-refractivity contribution in [3.63, 3.8) is 0 Å². The van der Waals surface area contributed by atoms with Crippen molar-refractivity contribution in [2.75, 3.05) is 70.5 Å². The van der Waals surface area contributed by atoms with Crippen LogP contribution in [0.25, 0.3) is 0 Å². The summed E-state index contributed by atoms with van der Waals surface area (Å²) in [5, 5.41) is 9.31. The summed E-state index contributed by atoms with van der Waals surface area (Å²) in [4.78, 5) is 50.8. The molecule has 42 heavy (non-hydrogen) atoms. The number of aliphatic hydroxyl groups excluding tert-OH is 1. The monoisotopic (exact) mass is 578 g/mol. The van der Waals surface area contributed by atoms with Gasteiger partial charge in [-0.15, -0.1) is 0 Å². The van der Waals surface area contributed by atoms with Gasteiger partial charge in [0.1, 0.15) is 11.6 Å². The molecule has 3 amide bonds. The van der Waals surface area contributed by atoms with Crippen LogP contribution in [0.3, 0.4) is 0 Å². The molecule has 1 aromatic rings. The molecule has 10 heteroatoms. The second-order valence-electron chi connectivity index (χ2n) is 12.1. The molecular weight excluding hydrogens is 536 g/mol. The summed E-state index contributed by atoms with van der Waals surface area (Å²) in [6.07, 6.45) is 9.74. The SMILES string of the molecule is C[C@]12C=CCN(c3ccccc3)C(=O)[C@H]1[C@H]1C(=O)N(CCCCCO)C3C(=O)N(CCN4CCOCC4)CC=C[C@@]31O2. The predicted molar refractivity (Wildman–Crippen MR) is 157 cm³/mol. The largest absolute Gasteiger partial charge is 0.396 e. The Morgan fingerprint density at radius 1 is 0.857 bits per heavy atom. The molecule has 1 spiro atoms. The Morgan fingerprint density at radius 3 is 2.38 bits per heavy atom. The van der Waals surface area contributed by atoms with Crippen molar-refractivity contribution in [3.05, 3.63) is 54.6 Å². The molecule has 0 aromatic heterocycles. The maximum absolute atomic E-state index is 14.5. The molecule has 3 fully saturated rings. The molecule has 1 N–H and O–H groups in total. The number of amides is 3. The zero-order valence-corrected chi connectivity index (χ0v) is 24.4. The maximum atomic E-state index is 14.5. The number of benzene rings is 1. The summed E-state index contributed by atoms with van der Waals surface area (Å²) in [6, 6.07) is 8.63. The first-order valence-corrected chi connectivity index (χ1v) is 15.3. The van der Waals surface area contributed by atoms with E-state index in [1.807, 2.05) is 66.5 Å². The van der Waals surface area contributed by atoms with Crippen LogP contribution < -0.4 is 4.90 Å². The molecule has 226 valence electrons. The van der Waals surface area contributed by atoms with Gasteiger partial charge in [0.15, 0.2) is 0 Å². The number of morpholine rings is 1. The van der Waals surface area contributed by atoms with Gasteiger partial charge in [0.05, 0.1) is 30.7 Å². The molecule has 6 rings (SSSR count). The molecule has 5 aliphatic rings. The number of rotatable bonds is 9. The van der Waals surface area contributed by atoms with Crippen LogP contribution in [-0.4, -0.2) is 120 Å². The van der Waals surface area contributed by atoms with E-state index in [0.29, 0.717) is 52.2 Å². The van der Waals surface area contributed by atoms with E-state index in [0.717, 1.165) is 31.7 Å². The van der Waals surface area contributed by atoms with Gasteiger partial charge in [-0.25, -0.2) is 0 Å². The Hall–Kier alpha value is -3.05. The minimum Gasteiger partial charge on any atom is -0.396 e. The van der Waals surface area contributed by atoms with E-state index in [1.165, 1.54) is 0 Å². The zero-order valence-electron chi connectivity index (χ0n) is 24.4. The lowest BCUT2D eigenvalue weighted by Gasteiger charge is -2.38. The first kappa shape index (κ1) is 29.0. The Labute approximate surface area is 247 Å². The van der Waals surface area contributed by atoms with E-state index in [9.17, 15) is 19.5 Å². The summed E-state index contributed by atoms with van der Waals surface area (Å²) >= 11 is 0. The molecule has 0 radical (unpaired) electrons. The number of fused-ring (bicyclic) bond motifs is 2. The number of hydrogen-bond acceptors (Lipinski definition) is 7. The van der Waals surface area contributed by atoms with Crippen LogP contribution in [0, 0.1) is 11.8 Å². The van der Waals surface area contributed by atoms with Crippen molar-refractivity contribution in [1.82, 2.24) is 14.7 Å². The van der Waals surface area contributed by atoms with Crippen molar-refractivity contribution in [2.45, 2.75) is 43.4 Å². The molecule has 5 aliphatic heterocycles. The number of para-hydroxylation sites is 1. The predicted octanol–water partition coefficient (Wildman–Crippen LogP) is 1.45. The highest BCUT2D eigenvalue weighted by Gasteiger charge is 2.74. The van der Waals surface area contributed by atoms with Gasteiger partial charge in [0.2, 0.25) is 17.7 Å². The van der Waals surface area contributed by atoms with Crippen LogP contribution in [0.15, 0.2) is 54.6 Å². The number of unbranched alkanes of at least 4 members (excludes halogenated alkanes) is 2.